The molecule has 1 heterocycles. The minimum Gasteiger partial charge on any atom is -0.378 e. The highest BCUT2D eigenvalue weighted by Gasteiger charge is 2.36. The molecule has 1 aliphatic rings. The maximum atomic E-state index is 5.86. The molecule has 0 spiro atoms. The van der Waals surface area contributed by atoms with E-state index in [0.29, 0.717) is 0 Å². The first-order chi connectivity index (χ1) is 7.76. The molecule has 2 unspecified atom stereocenters. The highest BCUT2D eigenvalue weighted by molar-refractivity contribution is 4.85. The Morgan fingerprint density at radius 2 is 2.06 bits per heavy atom. The Morgan fingerprint density at radius 3 is 2.50 bits per heavy atom. The van der Waals surface area contributed by atoms with E-state index in [2.05, 4.69) is 20.8 Å². The monoisotopic (exact) mass is 228 g/mol. The molecule has 0 bridgehead atoms. The molecule has 1 saturated heterocycles. The van der Waals surface area contributed by atoms with E-state index in [1.165, 1.54) is 32.1 Å². The third-order valence-electron chi connectivity index (χ3n) is 3.87. The lowest BCUT2D eigenvalue weighted by atomic mass is 9.93. The van der Waals surface area contributed by atoms with Gasteiger partial charge >= 0.3 is 0 Å². The van der Waals surface area contributed by atoms with Gasteiger partial charge in [0.1, 0.15) is 0 Å². The Hall–Kier alpha value is -0.0800. The lowest BCUT2D eigenvalue weighted by molar-refractivity contribution is -0.184. The Balaban J connectivity index is 2.12. The maximum absolute atomic E-state index is 5.86. The van der Waals surface area contributed by atoms with E-state index in [1.807, 2.05) is 0 Å². The molecular formula is C14H28O2. The molecule has 0 aromatic carbocycles. The summed E-state index contributed by atoms with van der Waals surface area (Å²) in [6.45, 7) is 9.34. The van der Waals surface area contributed by atoms with Crippen LogP contribution in [0.2, 0.25) is 0 Å². The standard InChI is InChI=1S/C14H28O2/c1-4-7-8-13(5-2)11-15-12-14(6-3)9-10-16-14/h13H,4-12H2,1-3H3. The summed E-state index contributed by atoms with van der Waals surface area (Å²) in [4.78, 5) is 0. The second kappa shape index (κ2) is 7.29. The quantitative estimate of drug-likeness (QED) is 0.598. The van der Waals surface area contributed by atoms with Crippen LogP contribution in [0, 0.1) is 5.92 Å². The molecule has 0 N–H and O–H groups in total. The zero-order valence-electron chi connectivity index (χ0n) is 11.3. The van der Waals surface area contributed by atoms with Crippen LogP contribution in [0.3, 0.4) is 0 Å². The van der Waals surface area contributed by atoms with Crippen molar-refractivity contribution < 1.29 is 9.47 Å². The first-order valence-corrected chi connectivity index (χ1v) is 6.98. The van der Waals surface area contributed by atoms with Crippen molar-refractivity contribution in [2.45, 2.75) is 64.9 Å². The van der Waals surface area contributed by atoms with Crippen LogP contribution >= 0.6 is 0 Å². The summed E-state index contributed by atoms with van der Waals surface area (Å²) in [5.41, 5.74) is 0.0725. The van der Waals surface area contributed by atoms with Gasteiger partial charge < -0.3 is 9.47 Å². The minimum atomic E-state index is 0.0725. The van der Waals surface area contributed by atoms with Crippen molar-refractivity contribution in [1.82, 2.24) is 0 Å². The number of ether oxygens (including phenoxy) is 2. The smallest absolute Gasteiger partial charge is 0.0934 e. The van der Waals surface area contributed by atoms with Crippen molar-refractivity contribution in [3.8, 4) is 0 Å². The Morgan fingerprint density at radius 1 is 1.31 bits per heavy atom. The highest BCUT2D eigenvalue weighted by atomic mass is 16.6. The van der Waals surface area contributed by atoms with Crippen LogP contribution in [0.4, 0.5) is 0 Å². The summed E-state index contributed by atoms with van der Waals surface area (Å²) in [5.74, 6) is 0.744. The summed E-state index contributed by atoms with van der Waals surface area (Å²) in [7, 11) is 0. The molecule has 1 fully saturated rings. The van der Waals surface area contributed by atoms with Gasteiger partial charge in [0.15, 0.2) is 0 Å². The summed E-state index contributed by atoms with van der Waals surface area (Å²) >= 11 is 0. The lowest BCUT2D eigenvalue weighted by Crippen LogP contribution is -2.47. The second-order valence-corrected chi connectivity index (χ2v) is 5.07. The molecule has 0 saturated carbocycles. The molecular weight excluding hydrogens is 200 g/mol. The number of rotatable bonds is 9. The van der Waals surface area contributed by atoms with Crippen LogP contribution in [0.5, 0.6) is 0 Å². The van der Waals surface area contributed by atoms with Gasteiger partial charge in [-0.05, 0) is 18.8 Å². The third kappa shape index (κ3) is 4.06. The van der Waals surface area contributed by atoms with E-state index in [1.54, 1.807) is 0 Å². The molecule has 2 atom stereocenters. The molecule has 0 aromatic heterocycles. The van der Waals surface area contributed by atoms with Crippen molar-refractivity contribution in [3.05, 3.63) is 0 Å². The average Bonchev–Trinajstić information content (AvgIpc) is 2.26. The van der Waals surface area contributed by atoms with Crippen molar-refractivity contribution in [3.63, 3.8) is 0 Å². The Bertz CT molecular complexity index is 170. The van der Waals surface area contributed by atoms with E-state index in [-0.39, 0.29) is 5.60 Å². The van der Waals surface area contributed by atoms with Crippen LogP contribution < -0.4 is 0 Å². The average molecular weight is 228 g/mol. The SMILES string of the molecule is CCCCC(CC)COCC1(CC)CCO1. The normalized spacial score (nSPS) is 26.4. The van der Waals surface area contributed by atoms with Crippen molar-refractivity contribution >= 4 is 0 Å². The first kappa shape index (κ1) is 14.0. The van der Waals surface area contributed by atoms with Gasteiger partial charge in [0.25, 0.3) is 0 Å². The molecule has 0 amide bonds. The lowest BCUT2D eigenvalue weighted by Gasteiger charge is -2.41. The Labute approximate surface area is 101 Å². The van der Waals surface area contributed by atoms with Gasteiger partial charge in [-0.2, -0.15) is 0 Å². The largest absolute Gasteiger partial charge is 0.378 e. The Kier molecular flexibility index (Phi) is 6.37. The molecule has 0 aromatic rings. The zero-order valence-corrected chi connectivity index (χ0v) is 11.3. The predicted octanol–water partition coefficient (Wildman–Crippen LogP) is 3.79. The van der Waals surface area contributed by atoms with Gasteiger partial charge in [0.05, 0.1) is 18.8 Å². The summed E-state index contributed by atoms with van der Waals surface area (Å²) < 4.78 is 11.5. The van der Waals surface area contributed by atoms with Crippen molar-refractivity contribution in [1.29, 1.82) is 0 Å². The maximum Gasteiger partial charge on any atom is 0.0934 e. The first-order valence-electron chi connectivity index (χ1n) is 6.98. The second-order valence-electron chi connectivity index (χ2n) is 5.07. The number of unbranched alkanes of at least 4 members (excludes halogenated alkanes) is 1. The van der Waals surface area contributed by atoms with Crippen LogP contribution in [0.25, 0.3) is 0 Å². The fraction of sp³-hybridized carbons (Fsp3) is 1.00. The molecule has 2 nitrogen and oxygen atoms in total. The number of hydrogen-bond acceptors (Lipinski definition) is 2. The minimum absolute atomic E-state index is 0.0725. The van der Waals surface area contributed by atoms with Crippen LogP contribution in [0.15, 0.2) is 0 Å². The van der Waals surface area contributed by atoms with Crippen LogP contribution in [-0.4, -0.2) is 25.4 Å². The summed E-state index contributed by atoms with van der Waals surface area (Å²) in [6, 6.07) is 0. The zero-order chi connectivity index (χ0) is 11.9. The summed E-state index contributed by atoms with van der Waals surface area (Å²) in [5, 5.41) is 0. The topological polar surface area (TPSA) is 18.5 Å². The van der Waals surface area contributed by atoms with E-state index in [4.69, 9.17) is 9.47 Å². The van der Waals surface area contributed by atoms with Gasteiger partial charge in [0, 0.05) is 13.0 Å². The molecule has 0 radical (unpaired) electrons. The van der Waals surface area contributed by atoms with Crippen molar-refractivity contribution in [2.24, 2.45) is 5.92 Å². The van der Waals surface area contributed by atoms with Gasteiger partial charge in [0.2, 0.25) is 0 Å². The highest BCUT2D eigenvalue weighted by Crippen LogP contribution is 2.30. The van der Waals surface area contributed by atoms with Gasteiger partial charge in [-0.25, -0.2) is 0 Å². The van der Waals surface area contributed by atoms with E-state index in [0.717, 1.165) is 32.2 Å². The third-order valence-corrected chi connectivity index (χ3v) is 3.87. The van der Waals surface area contributed by atoms with Gasteiger partial charge in [-0.15, -0.1) is 0 Å². The van der Waals surface area contributed by atoms with E-state index in [9.17, 15) is 0 Å². The molecule has 16 heavy (non-hydrogen) atoms. The number of hydrogen-bond donors (Lipinski definition) is 0. The van der Waals surface area contributed by atoms with E-state index < -0.39 is 0 Å². The van der Waals surface area contributed by atoms with Crippen LogP contribution in [0.1, 0.15) is 59.3 Å². The fourth-order valence-corrected chi connectivity index (χ4v) is 2.20. The van der Waals surface area contributed by atoms with E-state index >= 15 is 0 Å². The fourth-order valence-electron chi connectivity index (χ4n) is 2.20. The van der Waals surface area contributed by atoms with Gasteiger partial charge in [-0.1, -0.05) is 40.0 Å². The molecule has 1 rings (SSSR count). The molecule has 2 heteroatoms. The van der Waals surface area contributed by atoms with Gasteiger partial charge in [-0.3, -0.25) is 0 Å². The predicted molar refractivity (Wildman–Crippen MR) is 67.7 cm³/mol. The molecule has 1 aliphatic heterocycles. The summed E-state index contributed by atoms with van der Waals surface area (Å²) in [6.07, 6.45) is 7.43. The van der Waals surface area contributed by atoms with Crippen molar-refractivity contribution in [2.75, 3.05) is 19.8 Å². The van der Waals surface area contributed by atoms with Crippen LogP contribution in [-0.2, 0) is 9.47 Å². The molecule has 0 aliphatic carbocycles. The molecule has 96 valence electrons.